The number of hydrogen-bond acceptors (Lipinski definition) is 4. The van der Waals surface area contributed by atoms with E-state index in [0.29, 0.717) is 0 Å². The predicted molar refractivity (Wildman–Crippen MR) is 19.9 cm³/mol. The van der Waals surface area contributed by atoms with Gasteiger partial charge in [-0.15, -0.1) is 0 Å². The molecule has 6 heteroatoms. The van der Waals surface area contributed by atoms with E-state index in [-0.39, 0.29) is 31.9 Å². The van der Waals surface area contributed by atoms with Gasteiger partial charge in [0.2, 0.25) is 0 Å². The van der Waals surface area contributed by atoms with Gasteiger partial charge in [0.15, 0.2) is 0 Å². The molecule has 0 saturated heterocycles. The molecule has 52 valence electrons. The molecule has 0 atom stereocenters. The van der Waals surface area contributed by atoms with Crippen molar-refractivity contribution in [3.63, 3.8) is 0 Å². The van der Waals surface area contributed by atoms with E-state index in [1.807, 2.05) is 0 Å². The first-order valence-corrected chi connectivity index (χ1v) is 0.894. The molecule has 0 amide bonds. The molecule has 4 nitrogen and oxygen atoms in total. The molecule has 0 unspecified atom stereocenters. The molecular formula is C4ClN4Rh. The maximum Gasteiger partial charge on any atom is 3.00 e. The molecule has 0 aliphatic rings. The molecule has 0 N–H and O–H groups in total. The normalized spacial score (nSPS) is 0.800. The first kappa shape index (κ1) is 66.6. The van der Waals surface area contributed by atoms with E-state index in [9.17, 15) is 0 Å². The smallest absolute Gasteiger partial charge is 0.512 e. The van der Waals surface area contributed by atoms with Crippen LogP contribution in [-0.2, 0) is 19.5 Å². The van der Waals surface area contributed by atoms with Crippen LogP contribution in [0.15, 0.2) is 0 Å². The molecule has 2 radical (unpaired) electrons. The third-order valence-electron chi connectivity index (χ3n) is 0. The fourth-order valence-electron chi connectivity index (χ4n) is 0. The summed E-state index contributed by atoms with van der Waals surface area (Å²) in [6.45, 7) is 19.0. The third-order valence-corrected chi connectivity index (χ3v) is 0. The summed E-state index contributed by atoms with van der Waals surface area (Å²) in [7, 11) is 0. The second-order valence-corrected chi connectivity index (χ2v) is 0. The Morgan fingerprint density at radius 3 is 0.500 bits per heavy atom. The second kappa shape index (κ2) is 293. The molecule has 0 heterocycles. The van der Waals surface area contributed by atoms with Crippen LogP contribution in [0.25, 0.3) is 0 Å². The van der Waals surface area contributed by atoms with Gasteiger partial charge in [-0.25, -0.2) is 0 Å². The summed E-state index contributed by atoms with van der Waals surface area (Å²) in [5.41, 5.74) is 0. The minimum absolute atomic E-state index is 0. The number of nitrogens with zero attached hydrogens (tertiary/aromatic N) is 4. The molecule has 0 fully saturated rings. The zero-order valence-corrected chi connectivity index (χ0v) is 6.89. The molecular weight excluding hydrogens is 242 g/mol. The number of rotatable bonds is 0. The average molecular weight is 242 g/mol. The largest absolute Gasteiger partial charge is 3.00 e. The van der Waals surface area contributed by atoms with Gasteiger partial charge < -0.3 is 47.3 Å². The summed E-state index contributed by atoms with van der Waals surface area (Å²) in [6.07, 6.45) is 0. The van der Waals surface area contributed by atoms with E-state index in [4.69, 9.17) is 47.3 Å². The zero-order chi connectivity index (χ0) is 8.00. The van der Waals surface area contributed by atoms with Crippen LogP contribution >= 0.6 is 0 Å². The van der Waals surface area contributed by atoms with Crippen LogP contribution in [0.1, 0.15) is 0 Å². The predicted octanol–water partition coefficient (Wildman–Crippen LogP) is 0.383. The summed E-state index contributed by atoms with van der Waals surface area (Å²) in [5.74, 6) is 0. The first-order valence-electron chi connectivity index (χ1n) is 0.894. The minimum Gasteiger partial charge on any atom is -0.512 e. The monoisotopic (exact) mass is 242 g/mol. The summed E-state index contributed by atoms with van der Waals surface area (Å²) in [4.78, 5) is 0. The van der Waals surface area contributed by atoms with Crippen molar-refractivity contribution >= 4 is 0 Å². The average Bonchev–Trinajstić information content (AvgIpc) is 2.03. The van der Waals surface area contributed by atoms with Crippen LogP contribution in [0.3, 0.4) is 0 Å². The Hall–Kier alpha value is -1.13. The van der Waals surface area contributed by atoms with Gasteiger partial charge in [0.1, 0.15) is 0 Å². The summed E-state index contributed by atoms with van der Waals surface area (Å²) < 4.78 is 0. The Labute approximate surface area is 79.5 Å². The van der Waals surface area contributed by atoms with Crippen molar-refractivity contribution in [2.75, 3.05) is 0 Å². The van der Waals surface area contributed by atoms with Crippen LogP contribution < -0.4 is 0 Å². The molecule has 0 saturated carbocycles. The van der Waals surface area contributed by atoms with Crippen LogP contribution in [0.4, 0.5) is 0 Å². The van der Waals surface area contributed by atoms with Crippen LogP contribution in [-0.4, -0.2) is 0 Å². The van der Waals surface area contributed by atoms with Crippen LogP contribution in [0.5, 0.6) is 0 Å². The molecule has 0 aliphatic carbocycles. The van der Waals surface area contributed by atoms with Gasteiger partial charge in [-0.1, -0.05) is 0 Å². The Morgan fingerprint density at radius 2 is 0.500 bits per heavy atom. The van der Waals surface area contributed by atoms with E-state index in [0.717, 1.165) is 0 Å². The van der Waals surface area contributed by atoms with Crippen molar-refractivity contribution in [1.82, 2.24) is 0 Å². The molecule has 0 aromatic carbocycles. The van der Waals surface area contributed by atoms with Crippen molar-refractivity contribution in [3.8, 4) is 0 Å². The van der Waals surface area contributed by atoms with E-state index in [2.05, 4.69) is 0 Å². The Morgan fingerprint density at radius 1 is 0.500 bits per heavy atom. The molecule has 0 rings (SSSR count). The number of halogens is 1. The van der Waals surface area contributed by atoms with Crippen molar-refractivity contribution in [1.29, 1.82) is 21.0 Å². The van der Waals surface area contributed by atoms with Gasteiger partial charge in [-0.05, 0) is 0 Å². The molecule has 0 aromatic rings. The van der Waals surface area contributed by atoms with Crippen molar-refractivity contribution < 1.29 is 31.9 Å². The number of hydrogen-bond donors (Lipinski definition) is 0. The van der Waals surface area contributed by atoms with Gasteiger partial charge in [0.05, 0.1) is 0 Å². The van der Waals surface area contributed by atoms with Gasteiger partial charge in [-0.3, -0.25) is 0 Å². The summed E-state index contributed by atoms with van der Waals surface area (Å²) >= 11 is 0. The van der Waals surface area contributed by atoms with E-state index < -0.39 is 0 Å². The molecule has 0 spiro atoms. The Bertz CT molecular complexity index is 60.2. The topological polar surface area (TPSA) is 95.2 Å². The summed E-state index contributed by atoms with van der Waals surface area (Å²) in [5, 5.41) is 25.0. The van der Waals surface area contributed by atoms with Crippen molar-refractivity contribution in [2.45, 2.75) is 0 Å². The Kier molecular flexibility index (Phi) is 1950. The maximum absolute atomic E-state index is 6.25. The standard InChI is InChI=1S/4CN.Cl.Rh/c4*1-2;;/q4*-1;+1;+3. The zero-order valence-electron chi connectivity index (χ0n) is 4.50. The SMILES string of the molecule is [C-]#N.[C-]#N.[C-]#N.[C-]#N.[Cl+].[Rh+3]. The van der Waals surface area contributed by atoms with Crippen LogP contribution in [0.2, 0.25) is 0 Å². The Balaban J connectivity index is -0.00000000500. The van der Waals surface area contributed by atoms with E-state index >= 15 is 0 Å². The van der Waals surface area contributed by atoms with Crippen molar-refractivity contribution in [2.24, 2.45) is 0 Å². The molecule has 0 aromatic heterocycles. The second-order valence-electron chi connectivity index (χ2n) is 0. The van der Waals surface area contributed by atoms with E-state index in [1.54, 1.807) is 0 Å². The van der Waals surface area contributed by atoms with Crippen molar-refractivity contribution in [3.05, 3.63) is 26.3 Å². The van der Waals surface area contributed by atoms with Gasteiger partial charge in [0, 0.05) is 0 Å². The van der Waals surface area contributed by atoms with Gasteiger partial charge in [-0.2, -0.15) is 0 Å². The summed E-state index contributed by atoms with van der Waals surface area (Å²) in [6, 6.07) is 0. The fourth-order valence-corrected chi connectivity index (χ4v) is 0. The third kappa shape index (κ3) is 187. The van der Waals surface area contributed by atoms with Gasteiger partial charge in [0.25, 0.3) is 0 Å². The van der Waals surface area contributed by atoms with Crippen LogP contribution in [0, 0.1) is 59.7 Å². The van der Waals surface area contributed by atoms with Gasteiger partial charge >= 0.3 is 31.9 Å². The fraction of sp³-hybridized carbons (Fsp3) is 0. The molecule has 10 heavy (non-hydrogen) atoms. The molecule has 0 bridgehead atoms. The first-order chi connectivity index (χ1) is 4.00. The maximum atomic E-state index is 6.25. The minimum atomic E-state index is 0. The molecule has 0 aliphatic heterocycles. The quantitative estimate of drug-likeness (QED) is 0.453. The van der Waals surface area contributed by atoms with E-state index in [1.165, 1.54) is 0 Å².